The predicted molar refractivity (Wildman–Crippen MR) is 77.5 cm³/mol. The Morgan fingerprint density at radius 1 is 1.26 bits per heavy atom. The Bertz CT molecular complexity index is 576. The van der Waals surface area contributed by atoms with Crippen LogP contribution in [0.5, 0.6) is 0 Å². The van der Waals surface area contributed by atoms with E-state index in [0.717, 1.165) is 11.3 Å². The number of carbonyl (C=O) groups is 1. The molecule has 0 unspecified atom stereocenters. The Morgan fingerprint density at radius 3 is 2.63 bits per heavy atom. The molecule has 0 saturated heterocycles. The highest BCUT2D eigenvalue weighted by molar-refractivity contribution is 6.03. The number of nitrogens with two attached hydrogens (primary N) is 1. The smallest absolute Gasteiger partial charge is 0.250 e. The van der Waals surface area contributed by atoms with Crippen LogP contribution in [0.4, 0.5) is 11.4 Å². The molecule has 4 heteroatoms. The van der Waals surface area contributed by atoms with E-state index in [2.05, 4.69) is 4.98 Å². The van der Waals surface area contributed by atoms with Crippen molar-refractivity contribution in [2.24, 2.45) is 0 Å². The number of anilines is 2. The third kappa shape index (κ3) is 3.42. The van der Waals surface area contributed by atoms with E-state index in [1.807, 2.05) is 18.2 Å². The first-order valence-corrected chi connectivity index (χ1v) is 5.88. The van der Waals surface area contributed by atoms with Crippen molar-refractivity contribution >= 4 is 23.4 Å². The van der Waals surface area contributed by atoms with Gasteiger partial charge >= 0.3 is 0 Å². The summed E-state index contributed by atoms with van der Waals surface area (Å²) in [5, 5.41) is 0. The van der Waals surface area contributed by atoms with E-state index in [0.29, 0.717) is 5.69 Å². The van der Waals surface area contributed by atoms with Crippen LogP contribution >= 0.6 is 0 Å². The van der Waals surface area contributed by atoms with Gasteiger partial charge in [0.05, 0.1) is 11.9 Å². The minimum Gasteiger partial charge on any atom is -0.399 e. The molecule has 1 aromatic heterocycles. The standard InChI is InChI=1S/C15H15N3O/c1-18(14-3-2-10-17-11-14)15(19)9-6-12-4-7-13(16)8-5-12/h2-11H,16H2,1H3/b9-6+. The second-order valence-electron chi connectivity index (χ2n) is 4.11. The fourth-order valence-electron chi connectivity index (χ4n) is 1.57. The summed E-state index contributed by atoms with van der Waals surface area (Å²) >= 11 is 0. The van der Waals surface area contributed by atoms with E-state index < -0.39 is 0 Å². The van der Waals surface area contributed by atoms with Gasteiger partial charge in [0.15, 0.2) is 0 Å². The molecule has 19 heavy (non-hydrogen) atoms. The van der Waals surface area contributed by atoms with E-state index in [1.54, 1.807) is 48.6 Å². The highest BCUT2D eigenvalue weighted by Crippen LogP contribution is 2.11. The lowest BCUT2D eigenvalue weighted by Crippen LogP contribution is -2.23. The summed E-state index contributed by atoms with van der Waals surface area (Å²) in [4.78, 5) is 17.5. The van der Waals surface area contributed by atoms with Gasteiger partial charge in [0.25, 0.3) is 5.91 Å². The minimum absolute atomic E-state index is 0.107. The molecule has 0 saturated carbocycles. The zero-order valence-electron chi connectivity index (χ0n) is 10.7. The summed E-state index contributed by atoms with van der Waals surface area (Å²) in [7, 11) is 1.71. The van der Waals surface area contributed by atoms with Crippen LogP contribution in [0.1, 0.15) is 5.56 Å². The largest absolute Gasteiger partial charge is 0.399 e. The molecule has 0 bridgehead atoms. The molecular weight excluding hydrogens is 238 g/mol. The lowest BCUT2D eigenvalue weighted by Gasteiger charge is -2.14. The number of benzene rings is 1. The van der Waals surface area contributed by atoms with Crippen LogP contribution in [-0.2, 0) is 4.79 Å². The fourth-order valence-corrected chi connectivity index (χ4v) is 1.57. The number of aromatic nitrogens is 1. The van der Waals surface area contributed by atoms with Crippen LogP contribution in [0.2, 0.25) is 0 Å². The van der Waals surface area contributed by atoms with E-state index >= 15 is 0 Å². The normalized spacial score (nSPS) is 10.6. The van der Waals surface area contributed by atoms with Crippen LogP contribution in [0.25, 0.3) is 6.08 Å². The van der Waals surface area contributed by atoms with Gasteiger partial charge in [-0.3, -0.25) is 9.78 Å². The monoisotopic (exact) mass is 253 g/mol. The number of hydrogen-bond donors (Lipinski definition) is 1. The van der Waals surface area contributed by atoms with Gasteiger partial charge in [-0.1, -0.05) is 12.1 Å². The minimum atomic E-state index is -0.107. The van der Waals surface area contributed by atoms with E-state index in [4.69, 9.17) is 5.73 Å². The Labute approximate surface area is 112 Å². The third-order valence-corrected chi connectivity index (χ3v) is 2.72. The maximum atomic E-state index is 12.0. The van der Waals surface area contributed by atoms with Crippen molar-refractivity contribution in [1.82, 2.24) is 4.98 Å². The van der Waals surface area contributed by atoms with Gasteiger partial charge in [-0.05, 0) is 35.9 Å². The number of nitrogen functional groups attached to an aromatic ring is 1. The van der Waals surface area contributed by atoms with E-state index in [9.17, 15) is 4.79 Å². The quantitative estimate of drug-likeness (QED) is 0.674. The molecule has 0 aliphatic rings. The second-order valence-corrected chi connectivity index (χ2v) is 4.11. The Balaban J connectivity index is 2.07. The van der Waals surface area contributed by atoms with Crippen molar-refractivity contribution in [3.63, 3.8) is 0 Å². The second kappa shape index (κ2) is 5.82. The summed E-state index contributed by atoms with van der Waals surface area (Å²) in [6.07, 6.45) is 6.61. The predicted octanol–water partition coefficient (Wildman–Crippen LogP) is 2.34. The maximum Gasteiger partial charge on any atom is 0.250 e. The molecule has 0 radical (unpaired) electrons. The summed E-state index contributed by atoms with van der Waals surface area (Å²) in [6.45, 7) is 0. The lowest BCUT2D eigenvalue weighted by atomic mass is 10.2. The molecule has 96 valence electrons. The first kappa shape index (κ1) is 12.8. The number of amides is 1. The van der Waals surface area contributed by atoms with Crippen LogP contribution in [-0.4, -0.2) is 17.9 Å². The Kier molecular flexibility index (Phi) is 3.93. The fraction of sp³-hybridized carbons (Fsp3) is 0.0667. The van der Waals surface area contributed by atoms with Gasteiger partial charge in [-0.25, -0.2) is 0 Å². The van der Waals surface area contributed by atoms with Crippen LogP contribution < -0.4 is 10.6 Å². The molecule has 1 heterocycles. The highest BCUT2D eigenvalue weighted by Gasteiger charge is 2.06. The number of likely N-dealkylation sites (N-methyl/N-ethyl adjacent to an activating group) is 1. The molecule has 1 amide bonds. The van der Waals surface area contributed by atoms with Crippen LogP contribution in [0.15, 0.2) is 54.9 Å². The first-order chi connectivity index (χ1) is 9.16. The molecule has 0 atom stereocenters. The average Bonchev–Trinajstić information content (AvgIpc) is 2.46. The maximum absolute atomic E-state index is 12.0. The number of carbonyl (C=O) groups excluding carboxylic acids is 1. The topological polar surface area (TPSA) is 59.2 Å². The van der Waals surface area contributed by atoms with Crippen molar-refractivity contribution in [1.29, 1.82) is 0 Å². The molecular formula is C15H15N3O. The molecule has 2 aromatic rings. The first-order valence-electron chi connectivity index (χ1n) is 5.88. The SMILES string of the molecule is CN(C(=O)/C=C/c1ccc(N)cc1)c1cccnc1. The van der Waals surface area contributed by atoms with Gasteiger partial charge < -0.3 is 10.6 Å². The van der Waals surface area contributed by atoms with E-state index in [-0.39, 0.29) is 5.91 Å². The Hall–Kier alpha value is -2.62. The molecule has 1 aromatic carbocycles. The zero-order chi connectivity index (χ0) is 13.7. The molecule has 0 fully saturated rings. The number of rotatable bonds is 3. The third-order valence-electron chi connectivity index (χ3n) is 2.72. The van der Waals surface area contributed by atoms with Gasteiger partial charge in [-0.15, -0.1) is 0 Å². The zero-order valence-corrected chi connectivity index (χ0v) is 10.7. The number of nitrogens with zero attached hydrogens (tertiary/aromatic N) is 2. The molecule has 0 spiro atoms. The van der Waals surface area contributed by atoms with Crippen LogP contribution in [0, 0.1) is 0 Å². The van der Waals surface area contributed by atoms with Crippen molar-refractivity contribution in [3.8, 4) is 0 Å². The number of pyridine rings is 1. The highest BCUT2D eigenvalue weighted by atomic mass is 16.2. The van der Waals surface area contributed by atoms with Gasteiger partial charge in [0, 0.05) is 25.0 Å². The lowest BCUT2D eigenvalue weighted by molar-refractivity contribution is -0.113. The van der Waals surface area contributed by atoms with E-state index in [1.165, 1.54) is 6.08 Å². The van der Waals surface area contributed by atoms with Crippen molar-refractivity contribution in [2.75, 3.05) is 17.7 Å². The van der Waals surface area contributed by atoms with Gasteiger partial charge in [0.1, 0.15) is 0 Å². The molecule has 0 aliphatic heterocycles. The molecule has 2 rings (SSSR count). The number of hydrogen-bond acceptors (Lipinski definition) is 3. The average molecular weight is 253 g/mol. The van der Waals surface area contributed by atoms with Crippen LogP contribution in [0.3, 0.4) is 0 Å². The molecule has 2 N–H and O–H groups in total. The van der Waals surface area contributed by atoms with Crippen molar-refractivity contribution in [2.45, 2.75) is 0 Å². The van der Waals surface area contributed by atoms with Crippen molar-refractivity contribution < 1.29 is 4.79 Å². The summed E-state index contributed by atoms with van der Waals surface area (Å²) in [5.41, 5.74) is 8.00. The van der Waals surface area contributed by atoms with Gasteiger partial charge in [-0.2, -0.15) is 0 Å². The Morgan fingerprint density at radius 2 is 2.00 bits per heavy atom. The summed E-state index contributed by atoms with van der Waals surface area (Å²) < 4.78 is 0. The van der Waals surface area contributed by atoms with Gasteiger partial charge in [0.2, 0.25) is 0 Å². The van der Waals surface area contributed by atoms with Crippen molar-refractivity contribution in [3.05, 3.63) is 60.4 Å². The summed E-state index contributed by atoms with van der Waals surface area (Å²) in [5.74, 6) is -0.107. The molecule has 0 aliphatic carbocycles. The molecule has 4 nitrogen and oxygen atoms in total. The summed E-state index contributed by atoms with van der Waals surface area (Å²) in [6, 6.07) is 11.0.